The molecule has 1 aromatic carbocycles. The van der Waals surface area contributed by atoms with Crippen LogP contribution < -0.4 is 0 Å². The van der Waals surface area contributed by atoms with Crippen LogP contribution in [-0.2, 0) is 0 Å². The molecule has 0 radical (unpaired) electrons. The molecular formula is C13H15Br2NO. The molecule has 0 aliphatic carbocycles. The van der Waals surface area contributed by atoms with Crippen molar-refractivity contribution in [1.29, 1.82) is 0 Å². The topological polar surface area (TPSA) is 20.3 Å². The number of halogens is 2. The van der Waals surface area contributed by atoms with Crippen molar-refractivity contribution in [2.45, 2.75) is 12.8 Å². The zero-order valence-electron chi connectivity index (χ0n) is 9.75. The van der Waals surface area contributed by atoms with Gasteiger partial charge in [0.1, 0.15) is 0 Å². The maximum atomic E-state index is 12.1. The zero-order valence-corrected chi connectivity index (χ0v) is 12.9. The molecule has 17 heavy (non-hydrogen) atoms. The van der Waals surface area contributed by atoms with Crippen molar-refractivity contribution < 1.29 is 4.79 Å². The Morgan fingerprint density at radius 2 is 1.94 bits per heavy atom. The lowest BCUT2D eigenvalue weighted by Gasteiger charge is -2.17. The molecule has 0 saturated heterocycles. The maximum Gasteiger partial charge on any atom is 0.253 e. The number of rotatable bonds is 5. The Labute approximate surface area is 119 Å². The van der Waals surface area contributed by atoms with Crippen LogP contribution in [0, 0.1) is 0 Å². The van der Waals surface area contributed by atoms with Crippen molar-refractivity contribution in [2.75, 3.05) is 13.6 Å². The standard InChI is InChI=1S/C13H15Br2NO/c1-3-4-5-6-16(2)13(17)10-7-11(14)9-12(15)8-10/h3,7-9H,1,4-6H2,2H3. The van der Waals surface area contributed by atoms with E-state index < -0.39 is 0 Å². The lowest BCUT2D eigenvalue weighted by atomic mass is 10.2. The number of hydrogen-bond acceptors (Lipinski definition) is 1. The summed E-state index contributed by atoms with van der Waals surface area (Å²) in [5.74, 6) is 0.0380. The lowest BCUT2D eigenvalue weighted by molar-refractivity contribution is 0.0793. The molecule has 0 heterocycles. The molecule has 1 rings (SSSR count). The number of allylic oxidation sites excluding steroid dienone is 1. The number of nitrogens with zero attached hydrogens (tertiary/aromatic N) is 1. The van der Waals surface area contributed by atoms with E-state index in [1.54, 1.807) is 4.90 Å². The maximum absolute atomic E-state index is 12.1. The van der Waals surface area contributed by atoms with Gasteiger partial charge in [-0.2, -0.15) is 0 Å². The minimum atomic E-state index is 0.0380. The van der Waals surface area contributed by atoms with Crippen molar-refractivity contribution in [3.05, 3.63) is 45.4 Å². The summed E-state index contributed by atoms with van der Waals surface area (Å²) in [5, 5.41) is 0. The normalized spacial score (nSPS) is 10.1. The van der Waals surface area contributed by atoms with Gasteiger partial charge < -0.3 is 4.90 Å². The highest BCUT2D eigenvalue weighted by Crippen LogP contribution is 2.21. The van der Waals surface area contributed by atoms with E-state index in [0.717, 1.165) is 28.3 Å². The Hall–Kier alpha value is -0.610. The van der Waals surface area contributed by atoms with Gasteiger partial charge in [0, 0.05) is 28.1 Å². The van der Waals surface area contributed by atoms with Crippen LogP contribution in [0.25, 0.3) is 0 Å². The SMILES string of the molecule is C=CCCCN(C)C(=O)c1cc(Br)cc(Br)c1. The van der Waals surface area contributed by atoms with Gasteiger partial charge in [-0.15, -0.1) is 6.58 Å². The van der Waals surface area contributed by atoms with Gasteiger partial charge in [0.05, 0.1) is 0 Å². The first-order chi connectivity index (χ1) is 8.04. The summed E-state index contributed by atoms with van der Waals surface area (Å²) in [7, 11) is 1.82. The van der Waals surface area contributed by atoms with Crippen molar-refractivity contribution in [1.82, 2.24) is 4.90 Å². The van der Waals surface area contributed by atoms with Crippen LogP contribution in [0.4, 0.5) is 0 Å². The van der Waals surface area contributed by atoms with Gasteiger partial charge in [0.2, 0.25) is 0 Å². The van der Waals surface area contributed by atoms with Crippen LogP contribution in [0.3, 0.4) is 0 Å². The van der Waals surface area contributed by atoms with E-state index in [-0.39, 0.29) is 5.91 Å². The molecule has 0 N–H and O–H groups in total. The second-order valence-electron chi connectivity index (χ2n) is 3.82. The Bertz CT molecular complexity index is 398. The Kier molecular flexibility index (Phi) is 5.92. The third-order valence-electron chi connectivity index (χ3n) is 2.36. The van der Waals surface area contributed by atoms with E-state index in [1.807, 2.05) is 31.3 Å². The number of benzene rings is 1. The van der Waals surface area contributed by atoms with Crippen LogP contribution in [0.1, 0.15) is 23.2 Å². The molecule has 1 aromatic rings. The van der Waals surface area contributed by atoms with Crippen LogP contribution in [0.15, 0.2) is 39.8 Å². The highest BCUT2D eigenvalue weighted by atomic mass is 79.9. The average molecular weight is 361 g/mol. The van der Waals surface area contributed by atoms with Crippen LogP contribution in [0.5, 0.6) is 0 Å². The Balaban J connectivity index is 2.70. The fourth-order valence-corrected chi connectivity index (χ4v) is 2.77. The fourth-order valence-electron chi connectivity index (χ4n) is 1.47. The fraction of sp³-hybridized carbons (Fsp3) is 0.308. The molecule has 0 saturated carbocycles. The van der Waals surface area contributed by atoms with Crippen molar-refractivity contribution in [3.63, 3.8) is 0 Å². The number of carbonyl (C=O) groups excluding carboxylic acids is 1. The summed E-state index contributed by atoms with van der Waals surface area (Å²) in [6.07, 6.45) is 3.74. The van der Waals surface area contributed by atoms with Gasteiger partial charge in [-0.25, -0.2) is 0 Å². The quantitative estimate of drug-likeness (QED) is 0.567. The Morgan fingerprint density at radius 3 is 2.47 bits per heavy atom. The first-order valence-corrected chi connectivity index (χ1v) is 6.95. The van der Waals surface area contributed by atoms with Crippen LogP contribution in [0.2, 0.25) is 0 Å². The molecule has 1 amide bonds. The lowest BCUT2D eigenvalue weighted by Crippen LogP contribution is -2.27. The van der Waals surface area contributed by atoms with Gasteiger partial charge in [-0.3, -0.25) is 4.79 Å². The van der Waals surface area contributed by atoms with E-state index >= 15 is 0 Å². The van der Waals surface area contributed by atoms with Crippen LogP contribution >= 0.6 is 31.9 Å². The number of amides is 1. The molecule has 0 aliphatic heterocycles. The molecule has 92 valence electrons. The summed E-state index contributed by atoms with van der Waals surface area (Å²) in [6.45, 7) is 4.41. The van der Waals surface area contributed by atoms with E-state index in [0.29, 0.717) is 5.56 Å². The molecule has 4 heteroatoms. The highest BCUT2D eigenvalue weighted by molar-refractivity contribution is 9.11. The third-order valence-corrected chi connectivity index (χ3v) is 3.27. The predicted octanol–water partition coefficient (Wildman–Crippen LogP) is 4.25. The highest BCUT2D eigenvalue weighted by Gasteiger charge is 2.12. The largest absolute Gasteiger partial charge is 0.342 e. The third kappa shape index (κ3) is 4.64. The summed E-state index contributed by atoms with van der Waals surface area (Å²) >= 11 is 6.76. The minimum Gasteiger partial charge on any atom is -0.342 e. The van der Waals surface area contributed by atoms with E-state index in [1.165, 1.54) is 0 Å². The van der Waals surface area contributed by atoms with Gasteiger partial charge >= 0.3 is 0 Å². The van der Waals surface area contributed by atoms with Gasteiger partial charge in [-0.05, 0) is 31.0 Å². The summed E-state index contributed by atoms with van der Waals surface area (Å²) in [5.41, 5.74) is 0.687. The van der Waals surface area contributed by atoms with Crippen molar-refractivity contribution >= 4 is 37.8 Å². The number of carbonyl (C=O) groups is 1. The minimum absolute atomic E-state index is 0.0380. The van der Waals surface area contributed by atoms with Crippen molar-refractivity contribution in [2.24, 2.45) is 0 Å². The molecule has 0 bridgehead atoms. The number of unbranched alkanes of at least 4 members (excludes halogenated alkanes) is 1. The molecule has 0 unspecified atom stereocenters. The first kappa shape index (κ1) is 14.5. The van der Waals surface area contributed by atoms with E-state index in [9.17, 15) is 4.79 Å². The molecule has 0 fully saturated rings. The molecule has 0 aliphatic rings. The molecule has 2 nitrogen and oxygen atoms in total. The van der Waals surface area contributed by atoms with Crippen LogP contribution in [-0.4, -0.2) is 24.4 Å². The summed E-state index contributed by atoms with van der Waals surface area (Å²) < 4.78 is 1.80. The number of hydrogen-bond donors (Lipinski definition) is 0. The van der Waals surface area contributed by atoms with Gasteiger partial charge in [-0.1, -0.05) is 37.9 Å². The van der Waals surface area contributed by atoms with Gasteiger partial charge in [0.15, 0.2) is 0 Å². The zero-order chi connectivity index (χ0) is 12.8. The van der Waals surface area contributed by atoms with E-state index in [4.69, 9.17) is 0 Å². The first-order valence-electron chi connectivity index (χ1n) is 5.37. The second kappa shape index (κ2) is 6.97. The van der Waals surface area contributed by atoms with Crippen molar-refractivity contribution in [3.8, 4) is 0 Å². The predicted molar refractivity (Wildman–Crippen MR) is 78.2 cm³/mol. The molecular weight excluding hydrogens is 346 g/mol. The smallest absolute Gasteiger partial charge is 0.253 e. The second-order valence-corrected chi connectivity index (χ2v) is 5.65. The molecule has 0 spiro atoms. The Morgan fingerprint density at radius 1 is 1.35 bits per heavy atom. The average Bonchev–Trinajstić information content (AvgIpc) is 2.27. The monoisotopic (exact) mass is 359 g/mol. The molecule has 0 aromatic heterocycles. The molecule has 0 atom stereocenters. The summed E-state index contributed by atoms with van der Waals surface area (Å²) in [6, 6.07) is 5.57. The van der Waals surface area contributed by atoms with Gasteiger partial charge in [0.25, 0.3) is 5.91 Å². The summed E-state index contributed by atoms with van der Waals surface area (Å²) in [4.78, 5) is 13.8. The van der Waals surface area contributed by atoms with E-state index in [2.05, 4.69) is 38.4 Å².